The van der Waals surface area contributed by atoms with E-state index in [0.29, 0.717) is 36.1 Å². The number of carbonyl (C=O) groups excluding carboxylic acids is 2. The first kappa shape index (κ1) is 31.8. The molecule has 238 valence electrons. The van der Waals surface area contributed by atoms with Crippen LogP contribution in [0.5, 0.6) is 11.5 Å². The number of hydrogen-bond acceptors (Lipinski definition) is 7. The van der Waals surface area contributed by atoms with Crippen molar-refractivity contribution in [2.75, 3.05) is 7.11 Å². The minimum atomic E-state index is -0.374. The van der Waals surface area contributed by atoms with Crippen LogP contribution in [-0.4, -0.2) is 39.7 Å². The Morgan fingerprint density at radius 3 is 2.53 bits per heavy atom. The molecule has 1 aliphatic carbocycles. The van der Waals surface area contributed by atoms with Crippen molar-refractivity contribution in [2.45, 2.75) is 84.0 Å². The predicted octanol–water partition coefficient (Wildman–Crippen LogP) is 6.48. The Morgan fingerprint density at radius 1 is 1.04 bits per heavy atom. The summed E-state index contributed by atoms with van der Waals surface area (Å²) in [5.41, 5.74) is 2.88. The Labute approximate surface area is 264 Å². The lowest BCUT2D eigenvalue weighted by Gasteiger charge is -2.25. The number of hydrogen-bond donors (Lipinski definition) is 2. The first-order chi connectivity index (χ1) is 21.9. The van der Waals surface area contributed by atoms with Gasteiger partial charge in [0, 0.05) is 12.5 Å². The van der Waals surface area contributed by atoms with E-state index in [9.17, 15) is 9.59 Å². The zero-order valence-corrected chi connectivity index (χ0v) is 26.3. The number of aromatic nitrogens is 3. The van der Waals surface area contributed by atoms with Crippen molar-refractivity contribution in [3.05, 3.63) is 84.2 Å². The lowest BCUT2D eigenvalue weighted by molar-refractivity contribution is -0.121. The zero-order chi connectivity index (χ0) is 31.6. The summed E-state index contributed by atoms with van der Waals surface area (Å²) in [5, 5.41) is 10.8. The highest BCUT2D eigenvalue weighted by atomic mass is 16.5. The number of ether oxygens (including phenoxy) is 2. The van der Waals surface area contributed by atoms with Crippen LogP contribution in [0.3, 0.4) is 0 Å². The third-order valence-corrected chi connectivity index (χ3v) is 8.03. The number of rotatable bonds is 14. The van der Waals surface area contributed by atoms with Crippen molar-refractivity contribution in [1.29, 1.82) is 0 Å². The number of nitrogens with one attached hydrogen (secondary N) is 2. The number of benzene rings is 2. The fourth-order valence-electron chi connectivity index (χ4n) is 5.92. The lowest BCUT2D eigenvalue weighted by atomic mass is 9.95. The van der Waals surface area contributed by atoms with Crippen molar-refractivity contribution in [1.82, 2.24) is 25.4 Å². The molecule has 4 aromatic rings. The van der Waals surface area contributed by atoms with Gasteiger partial charge in [-0.25, -0.2) is 4.98 Å². The summed E-state index contributed by atoms with van der Waals surface area (Å²) < 4.78 is 19.4. The van der Waals surface area contributed by atoms with Gasteiger partial charge in [-0.3, -0.25) is 14.3 Å². The molecule has 1 aliphatic rings. The SMILES string of the molecule is COc1cccc(OCc2ccccc2)c1-c1cc(C(=O)N[C@H](CC(=O)NCc2ncco2)CC(C)C)nn1C1CCCCC1. The van der Waals surface area contributed by atoms with Gasteiger partial charge in [0.1, 0.15) is 24.4 Å². The van der Waals surface area contributed by atoms with Gasteiger partial charge < -0.3 is 24.5 Å². The molecule has 2 heterocycles. The molecular weight excluding hydrogens is 570 g/mol. The average Bonchev–Trinajstić information content (AvgIpc) is 3.74. The monoisotopic (exact) mass is 613 g/mol. The highest BCUT2D eigenvalue weighted by Gasteiger charge is 2.28. The summed E-state index contributed by atoms with van der Waals surface area (Å²) in [7, 11) is 1.64. The second-order valence-electron chi connectivity index (χ2n) is 12.0. The Morgan fingerprint density at radius 2 is 1.82 bits per heavy atom. The van der Waals surface area contributed by atoms with Crippen LogP contribution in [0.15, 0.2) is 71.5 Å². The highest BCUT2D eigenvalue weighted by Crippen LogP contribution is 2.42. The smallest absolute Gasteiger partial charge is 0.272 e. The summed E-state index contributed by atoms with van der Waals surface area (Å²) in [4.78, 5) is 30.6. The van der Waals surface area contributed by atoms with Crippen molar-refractivity contribution in [2.24, 2.45) is 5.92 Å². The molecular formula is C35H43N5O5. The molecule has 1 fully saturated rings. The number of amides is 2. The van der Waals surface area contributed by atoms with Gasteiger partial charge in [-0.05, 0) is 48.9 Å². The van der Waals surface area contributed by atoms with Crippen LogP contribution in [-0.2, 0) is 17.9 Å². The van der Waals surface area contributed by atoms with E-state index < -0.39 is 0 Å². The number of nitrogens with zero attached hydrogens (tertiary/aromatic N) is 3. The molecule has 0 spiro atoms. The minimum Gasteiger partial charge on any atom is -0.496 e. The van der Waals surface area contributed by atoms with Crippen LogP contribution in [0.25, 0.3) is 11.3 Å². The topological polar surface area (TPSA) is 121 Å². The average molecular weight is 614 g/mol. The van der Waals surface area contributed by atoms with Crippen LogP contribution in [0.2, 0.25) is 0 Å². The second-order valence-corrected chi connectivity index (χ2v) is 12.0. The van der Waals surface area contributed by atoms with E-state index in [0.717, 1.165) is 42.5 Å². The molecule has 0 radical (unpaired) electrons. The van der Waals surface area contributed by atoms with Crippen LogP contribution < -0.4 is 20.1 Å². The molecule has 2 N–H and O–H groups in total. The third-order valence-electron chi connectivity index (χ3n) is 8.03. The van der Waals surface area contributed by atoms with Crippen LogP contribution in [0.1, 0.15) is 86.8 Å². The Kier molecular flexibility index (Phi) is 10.9. The summed E-state index contributed by atoms with van der Waals surface area (Å²) in [6, 6.07) is 17.3. The quantitative estimate of drug-likeness (QED) is 0.167. The van der Waals surface area contributed by atoms with Crippen LogP contribution in [0, 0.1) is 5.92 Å². The fraction of sp³-hybridized carbons (Fsp3) is 0.429. The first-order valence-corrected chi connectivity index (χ1v) is 15.8. The van der Waals surface area contributed by atoms with Gasteiger partial charge in [0.25, 0.3) is 5.91 Å². The number of methoxy groups -OCH3 is 1. The number of oxazole rings is 1. The lowest BCUT2D eigenvalue weighted by Crippen LogP contribution is -2.40. The molecule has 2 aromatic carbocycles. The normalized spacial score (nSPS) is 14.2. The molecule has 5 rings (SSSR count). The predicted molar refractivity (Wildman–Crippen MR) is 171 cm³/mol. The second kappa shape index (κ2) is 15.4. The van der Waals surface area contributed by atoms with Gasteiger partial charge in [0.2, 0.25) is 11.8 Å². The minimum absolute atomic E-state index is 0.130. The highest BCUT2D eigenvalue weighted by molar-refractivity contribution is 5.94. The maximum atomic E-state index is 13.8. The molecule has 1 saturated carbocycles. The molecule has 45 heavy (non-hydrogen) atoms. The summed E-state index contributed by atoms with van der Waals surface area (Å²) in [5.74, 6) is 1.48. The molecule has 1 atom stereocenters. The van der Waals surface area contributed by atoms with E-state index >= 15 is 0 Å². The summed E-state index contributed by atoms with van der Waals surface area (Å²) in [6.07, 6.45) is 9.12. The molecule has 0 bridgehead atoms. The van der Waals surface area contributed by atoms with Gasteiger partial charge >= 0.3 is 0 Å². The molecule has 2 amide bonds. The fourth-order valence-corrected chi connectivity index (χ4v) is 5.92. The van der Waals surface area contributed by atoms with Gasteiger partial charge in [-0.2, -0.15) is 5.10 Å². The maximum Gasteiger partial charge on any atom is 0.272 e. The number of carbonyl (C=O) groups is 2. The van der Waals surface area contributed by atoms with E-state index in [-0.39, 0.29) is 42.8 Å². The van der Waals surface area contributed by atoms with E-state index in [1.165, 1.54) is 18.9 Å². The van der Waals surface area contributed by atoms with Gasteiger partial charge in [0.15, 0.2) is 5.69 Å². The molecule has 10 nitrogen and oxygen atoms in total. The van der Waals surface area contributed by atoms with Crippen molar-refractivity contribution in [3.63, 3.8) is 0 Å². The maximum absolute atomic E-state index is 13.8. The first-order valence-electron chi connectivity index (χ1n) is 15.8. The van der Waals surface area contributed by atoms with Gasteiger partial charge in [0.05, 0.1) is 37.2 Å². The zero-order valence-electron chi connectivity index (χ0n) is 26.3. The van der Waals surface area contributed by atoms with E-state index in [4.69, 9.17) is 19.0 Å². The third kappa shape index (κ3) is 8.53. The van der Waals surface area contributed by atoms with Crippen molar-refractivity contribution >= 4 is 11.8 Å². The summed E-state index contributed by atoms with van der Waals surface area (Å²) >= 11 is 0. The van der Waals surface area contributed by atoms with Crippen molar-refractivity contribution < 1.29 is 23.5 Å². The molecule has 0 saturated heterocycles. The van der Waals surface area contributed by atoms with Crippen LogP contribution >= 0.6 is 0 Å². The Hall–Kier alpha value is -4.60. The van der Waals surface area contributed by atoms with E-state index in [1.807, 2.05) is 59.3 Å². The molecule has 0 unspecified atom stereocenters. The largest absolute Gasteiger partial charge is 0.496 e. The molecule has 2 aromatic heterocycles. The Balaban J connectivity index is 1.42. The van der Waals surface area contributed by atoms with Crippen LogP contribution in [0.4, 0.5) is 0 Å². The standard InChI is InChI=1S/C35H43N5O5/c1-24(2)19-26(20-32(41)37-22-33-36-17-18-44-33)38-35(42)28-21-29(40(39-28)27-13-8-5-9-14-27)34-30(43-3)15-10-16-31(34)45-23-25-11-6-4-7-12-25/h4,6-7,10-12,15-18,21,24,26-27H,5,8-9,13-14,19-20,22-23H2,1-3H3,(H,37,41)(H,38,42)/t26-/m0/s1. The molecule has 0 aliphatic heterocycles. The molecule has 10 heteroatoms. The van der Waals surface area contributed by atoms with Gasteiger partial charge in [-0.1, -0.05) is 69.5 Å². The summed E-state index contributed by atoms with van der Waals surface area (Å²) in [6.45, 7) is 4.72. The van der Waals surface area contributed by atoms with E-state index in [2.05, 4.69) is 29.5 Å². The Bertz CT molecular complexity index is 1530. The van der Waals surface area contributed by atoms with Crippen molar-refractivity contribution in [3.8, 4) is 22.8 Å². The van der Waals surface area contributed by atoms with E-state index in [1.54, 1.807) is 7.11 Å². The van der Waals surface area contributed by atoms with Gasteiger partial charge in [-0.15, -0.1) is 0 Å².